The fourth-order valence-corrected chi connectivity index (χ4v) is 6.39. The molecular weight excluding hydrogens is 476 g/mol. The van der Waals surface area contributed by atoms with Gasteiger partial charge in [-0.3, -0.25) is 4.79 Å². The average Bonchev–Trinajstić information content (AvgIpc) is 3.45. The van der Waals surface area contributed by atoms with E-state index in [4.69, 9.17) is 4.74 Å². The minimum atomic E-state index is -0.883. The zero-order chi connectivity index (χ0) is 26.0. The van der Waals surface area contributed by atoms with E-state index < -0.39 is 5.60 Å². The molecule has 4 aromatic rings. The first-order valence-electron chi connectivity index (χ1n) is 13.7. The number of H-pyrrole nitrogens is 1. The molecule has 1 unspecified atom stereocenters. The van der Waals surface area contributed by atoms with Crippen LogP contribution in [-0.2, 0) is 19.1 Å². The summed E-state index contributed by atoms with van der Waals surface area (Å²) in [5.74, 6) is 3.17. The fraction of sp³-hybridized carbons (Fsp3) is 0.387. The Morgan fingerprint density at radius 2 is 1.87 bits per heavy atom. The number of benzene rings is 2. The lowest BCUT2D eigenvalue weighted by atomic mass is 9.85. The Bertz CT molecular complexity index is 1570. The van der Waals surface area contributed by atoms with Gasteiger partial charge in [-0.25, -0.2) is 0 Å². The lowest BCUT2D eigenvalue weighted by Gasteiger charge is -2.44. The van der Waals surface area contributed by atoms with Crippen LogP contribution in [0.3, 0.4) is 0 Å². The van der Waals surface area contributed by atoms with Gasteiger partial charge in [0.05, 0.1) is 5.60 Å². The number of aromatic amines is 1. The van der Waals surface area contributed by atoms with Crippen LogP contribution in [0.5, 0.6) is 11.5 Å². The summed E-state index contributed by atoms with van der Waals surface area (Å²) in [7, 11) is 1.76. The van der Waals surface area contributed by atoms with Crippen molar-refractivity contribution in [1.82, 2.24) is 14.9 Å². The Labute approximate surface area is 222 Å². The van der Waals surface area contributed by atoms with Crippen LogP contribution in [0.15, 0.2) is 59.7 Å². The number of aryl methyl sites for hydroxylation is 2. The number of aliphatic hydroxyl groups is 1. The molecule has 0 bridgehead atoms. The second-order valence-corrected chi connectivity index (χ2v) is 11.6. The minimum absolute atomic E-state index is 0.0717. The first-order chi connectivity index (χ1) is 18.4. The summed E-state index contributed by atoms with van der Waals surface area (Å²) in [6.07, 6.45) is 6.47. The van der Waals surface area contributed by atoms with Gasteiger partial charge in [0.25, 0.3) is 5.56 Å². The molecule has 4 heterocycles. The van der Waals surface area contributed by atoms with Gasteiger partial charge in [0.1, 0.15) is 17.0 Å². The molecule has 3 aliphatic rings. The number of rotatable bonds is 6. The molecule has 38 heavy (non-hydrogen) atoms. The van der Waals surface area contributed by atoms with Gasteiger partial charge in [-0.2, -0.15) is 0 Å². The van der Waals surface area contributed by atoms with Crippen LogP contribution in [0, 0.1) is 11.8 Å². The fourth-order valence-electron chi connectivity index (χ4n) is 6.39. The lowest BCUT2D eigenvalue weighted by Crippen LogP contribution is -2.51. The number of pyridine rings is 1. The molecule has 0 amide bonds. The normalized spacial score (nSPS) is 21.4. The molecule has 3 N–H and O–H groups in total. The molecule has 7 heteroatoms. The van der Waals surface area contributed by atoms with Crippen molar-refractivity contribution in [1.29, 1.82) is 0 Å². The highest BCUT2D eigenvalue weighted by molar-refractivity contribution is 5.96. The monoisotopic (exact) mass is 510 g/mol. The van der Waals surface area contributed by atoms with Crippen LogP contribution in [0.25, 0.3) is 22.0 Å². The Morgan fingerprint density at radius 1 is 1.08 bits per heavy atom. The maximum Gasteiger partial charge on any atom is 0.274 e. The number of nitrogens with one attached hydrogen (secondary N) is 2. The zero-order valence-electron chi connectivity index (χ0n) is 22.0. The molecule has 2 aromatic heterocycles. The van der Waals surface area contributed by atoms with Crippen molar-refractivity contribution >= 4 is 16.6 Å². The van der Waals surface area contributed by atoms with Crippen molar-refractivity contribution in [3.05, 3.63) is 76.3 Å². The van der Waals surface area contributed by atoms with Crippen LogP contribution in [-0.4, -0.2) is 40.8 Å². The summed E-state index contributed by atoms with van der Waals surface area (Å²) in [6, 6.07) is 14.4. The Balaban J connectivity index is 1.20. The van der Waals surface area contributed by atoms with Gasteiger partial charge in [0.15, 0.2) is 0 Å². The van der Waals surface area contributed by atoms with E-state index in [1.807, 2.05) is 31.3 Å². The summed E-state index contributed by atoms with van der Waals surface area (Å²) < 4.78 is 8.13. The number of hydrogen-bond donors (Lipinski definition) is 3. The van der Waals surface area contributed by atoms with Gasteiger partial charge in [0, 0.05) is 54.7 Å². The molecule has 2 fully saturated rings. The Morgan fingerprint density at radius 3 is 2.61 bits per heavy atom. The van der Waals surface area contributed by atoms with Crippen LogP contribution in [0.1, 0.15) is 30.9 Å². The average molecular weight is 511 g/mol. The van der Waals surface area contributed by atoms with Crippen LogP contribution in [0.4, 0.5) is 5.69 Å². The minimum Gasteiger partial charge on any atom is -0.457 e. The van der Waals surface area contributed by atoms with E-state index in [1.165, 1.54) is 25.2 Å². The third-order valence-electron chi connectivity index (χ3n) is 8.77. The van der Waals surface area contributed by atoms with Crippen LogP contribution >= 0.6 is 0 Å². The molecule has 0 spiro atoms. The highest BCUT2D eigenvalue weighted by Crippen LogP contribution is 2.45. The molecule has 0 radical (unpaired) electrons. The summed E-state index contributed by atoms with van der Waals surface area (Å²) in [4.78, 5) is 18.2. The smallest absolute Gasteiger partial charge is 0.274 e. The van der Waals surface area contributed by atoms with Crippen molar-refractivity contribution in [3.8, 4) is 22.6 Å². The van der Waals surface area contributed by atoms with Gasteiger partial charge < -0.3 is 29.6 Å². The molecule has 0 saturated carbocycles. The highest BCUT2D eigenvalue weighted by atomic mass is 16.5. The van der Waals surface area contributed by atoms with Gasteiger partial charge in [-0.05, 0) is 105 Å². The van der Waals surface area contributed by atoms with Crippen LogP contribution < -0.4 is 20.5 Å². The number of hydrogen-bond acceptors (Lipinski definition) is 5. The lowest BCUT2D eigenvalue weighted by molar-refractivity contribution is 0.0595. The molecule has 196 valence electrons. The molecule has 1 atom stereocenters. The zero-order valence-corrected chi connectivity index (χ0v) is 22.0. The molecular formula is C31H34N4O3. The molecule has 2 aromatic carbocycles. The summed E-state index contributed by atoms with van der Waals surface area (Å²) in [5.41, 5.74) is 4.64. The van der Waals surface area contributed by atoms with Gasteiger partial charge in [0.2, 0.25) is 0 Å². The van der Waals surface area contributed by atoms with E-state index >= 15 is 0 Å². The first kappa shape index (κ1) is 23.6. The van der Waals surface area contributed by atoms with Gasteiger partial charge >= 0.3 is 0 Å². The summed E-state index contributed by atoms with van der Waals surface area (Å²) >= 11 is 0. The standard InChI is InChI=1S/C31H34N4O3/c1-31(37)9-7-21-12-28(25(13-27(21)31)26-18-34(2)30(36)29-24(26)8-10-33-29)38-23-5-3-22(4-6-23)35-16-20(17-35)11-19-14-32-15-19/h3-6,8,10,12-13,18-20,32-33,37H,7,9,11,14-17H2,1-2H3. The molecule has 2 aliphatic heterocycles. The van der Waals surface area contributed by atoms with E-state index in [9.17, 15) is 9.90 Å². The number of ether oxygens (including phenoxy) is 1. The molecule has 2 saturated heterocycles. The third kappa shape index (κ3) is 3.92. The van der Waals surface area contributed by atoms with Crippen molar-refractivity contribution in [2.45, 2.75) is 31.8 Å². The third-order valence-corrected chi connectivity index (χ3v) is 8.77. The first-order valence-corrected chi connectivity index (χ1v) is 13.7. The van der Waals surface area contributed by atoms with Crippen molar-refractivity contribution in [2.75, 3.05) is 31.1 Å². The molecule has 7 nitrogen and oxygen atoms in total. The second kappa shape index (κ2) is 8.75. The SMILES string of the molecule is Cn1cc(-c2cc3c(cc2Oc2ccc(N4CC(CC5CNC5)C4)cc2)CCC3(C)O)c2cc[nH]c2c1=O. The summed E-state index contributed by atoms with van der Waals surface area (Å²) in [5, 5.41) is 15.3. The Kier molecular flexibility index (Phi) is 5.42. The largest absolute Gasteiger partial charge is 0.457 e. The predicted octanol–water partition coefficient (Wildman–Crippen LogP) is 4.53. The highest BCUT2D eigenvalue weighted by Gasteiger charge is 2.34. The van der Waals surface area contributed by atoms with E-state index in [0.29, 0.717) is 11.9 Å². The maximum absolute atomic E-state index is 12.7. The number of anilines is 1. The van der Waals surface area contributed by atoms with Crippen molar-refractivity contribution in [3.63, 3.8) is 0 Å². The van der Waals surface area contributed by atoms with Crippen molar-refractivity contribution in [2.24, 2.45) is 18.9 Å². The van der Waals surface area contributed by atoms with E-state index in [0.717, 1.165) is 70.5 Å². The van der Waals surface area contributed by atoms with Gasteiger partial charge in [-0.15, -0.1) is 0 Å². The topological polar surface area (TPSA) is 82.5 Å². The molecule has 1 aliphatic carbocycles. The summed E-state index contributed by atoms with van der Waals surface area (Å²) in [6.45, 7) is 6.49. The van der Waals surface area contributed by atoms with E-state index in [-0.39, 0.29) is 5.56 Å². The van der Waals surface area contributed by atoms with E-state index in [2.05, 4.69) is 39.5 Å². The van der Waals surface area contributed by atoms with Crippen LogP contribution in [0.2, 0.25) is 0 Å². The quantitative estimate of drug-likeness (QED) is 0.355. The predicted molar refractivity (Wildman–Crippen MR) is 150 cm³/mol. The number of nitrogens with zero attached hydrogens (tertiary/aromatic N) is 2. The second-order valence-electron chi connectivity index (χ2n) is 11.6. The molecule has 7 rings (SSSR count). The van der Waals surface area contributed by atoms with E-state index in [1.54, 1.807) is 17.8 Å². The number of aromatic nitrogens is 2. The maximum atomic E-state index is 12.7. The van der Waals surface area contributed by atoms with Gasteiger partial charge in [-0.1, -0.05) is 0 Å². The number of fused-ring (bicyclic) bond motifs is 2. The van der Waals surface area contributed by atoms with Crippen molar-refractivity contribution < 1.29 is 9.84 Å². The Hall–Kier alpha value is -3.55.